The standard InChI is InChI=1S/C16H19N3O2/c1-20-15-6-5-13(7-16(15)21-14-3-2-4-14)19-10-12-8-17-11-18-9-12/h5-9,11,14,19H,2-4,10H2,1H3. The van der Waals surface area contributed by atoms with E-state index < -0.39 is 0 Å². The molecule has 1 N–H and O–H groups in total. The third kappa shape index (κ3) is 3.42. The van der Waals surface area contributed by atoms with E-state index in [1.165, 1.54) is 12.7 Å². The van der Waals surface area contributed by atoms with Gasteiger partial charge in [-0.15, -0.1) is 0 Å². The van der Waals surface area contributed by atoms with E-state index >= 15 is 0 Å². The summed E-state index contributed by atoms with van der Waals surface area (Å²) in [5.41, 5.74) is 2.03. The van der Waals surface area contributed by atoms with Crippen LogP contribution in [0.3, 0.4) is 0 Å². The molecule has 21 heavy (non-hydrogen) atoms. The SMILES string of the molecule is COc1ccc(NCc2cncnc2)cc1OC1CCC1. The van der Waals surface area contributed by atoms with E-state index in [1.807, 2.05) is 18.2 Å². The number of ether oxygens (including phenoxy) is 2. The minimum Gasteiger partial charge on any atom is -0.493 e. The molecular formula is C16H19N3O2. The van der Waals surface area contributed by atoms with Crippen molar-refractivity contribution in [2.45, 2.75) is 31.9 Å². The summed E-state index contributed by atoms with van der Waals surface area (Å²) in [5, 5.41) is 3.35. The monoisotopic (exact) mass is 285 g/mol. The van der Waals surface area contributed by atoms with Gasteiger partial charge in [-0.25, -0.2) is 9.97 Å². The summed E-state index contributed by atoms with van der Waals surface area (Å²) >= 11 is 0. The van der Waals surface area contributed by atoms with Gasteiger partial charge in [-0.05, 0) is 31.4 Å². The molecule has 1 aliphatic carbocycles. The average Bonchev–Trinajstić information content (AvgIpc) is 2.50. The summed E-state index contributed by atoms with van der Waals surface area (Å²) in [6.45, 7) is 0.677. The van der Waals surface area contributed by atoms with Crippen molar-refractivity contribution in [2.24, 2.45) is 0 Å². The van der Waals surface area contributed by atoms with Gasteiger partial charge in [0.1, 0.15) is 6.33 Å². The molecule has 0 amide bonds. The van der Waals surface area contributed by atoms with Crippen LogP contribution in [0.25, 0.3) is 0 Å². The zero-order valence-electron chi connectivity index (χ0n) is 12.1. The van der Waals surface area contributed by atoms with Crippen LogP contribution in [0.1, 0.15) is 24.8 Å². The molecule has 3 rings (SSSR count). The van der Waals surface area contributed by atoms with Gasteiger partial charge < -0.3 is 14.8 Å². The van der Waals surface area contributed by atoms with Crippen molar-refractivity contribution < 1.29 is 9.47 Å². The number of nitrogens with zero attached hydrogens (tertiary/aromatic N) is 2. The van der Waals surface area contributed by atoms with Crippen LogP contribution in [-0.4, -0.2) is 23.2 Å². The maximum atomic E-state index is 5.98. The second kappa shape index (κ2) is 6.43. The normalized spacial score (nSPS) is 14.3. The van der Waals surface area contributed by atoms with Crippen molar-refractivity contribution in [3.05, 3.63) is 42.5 Å². The molecule has 0 spiro atoms. The van der Waals surface area contributed by atoms with E-state index in [9.17, 15) is 0 Å². The van der Waals surface area contributed by atoms with Crippen molar-refractivity contribution in [3.63, 3.8) is 0 Å². The minimum atomic E-state index is 0.330. The van der Waals surface area contributed by atoms with Gasteiger partial charge in [-0.1, -0.05) is 0 Å². The Balaban J connectivity index is 1.68. The molecule has 110 valence electrons. The fourth-order valence-electron chi connectivity index (χ4n) is 2.17. The summed E-state index contributed by atoms with van der Waals surface area (Å²) in [6.07, 6.45) is 8.96. The molecular weight excluding hydrogens is 266 g/mol. The second-order valence-corrected chi connectivity index (χ2v) is 5.14. The third-order valence-electron chi connectivity index (χ3n) is 3.62. The summed E-state index contributed by atoms with van der Waals surface area (Å²) in [6, 6.07) is 5.90. The van der Waals surface area contributed by atoms with E-state index in [0.717, 1.165) is 35.6 Å². The Kier molecular flexibility index (Phi) is 4.19. The zero-order chi connectivity index (χ0) is 14.5. The summed E-state index contributed by atoms with van der Waals surface area (Å²) in [4.78, 5) is 8.01. The minimum absolute atomic E-state index is 0.330. The lowest BCUT2D eigenvalue weighted by Gasteiger charge is -2.27. The lowest BCUT2D eigenvalue weighted by atomic mass is 9.96. The molecule has 5 nitrogen and oxygen atoms in total. The highest BCUT2D eigenvalue weighted by atomic mass is 16.5. The van der Waals surface area contributed by atoms with Crippen LogP contribution in [0.2, 0.25) is 0 Å². The maximum Gasteiger partial charge on any atom is 0.163 e. The molecule has 0 bridgehead atoms. The summed E-state index contributed by atoms with van der Waals surface area (Å²) in [7, 11) is 1.66. The summed E-state index contributed by atoms with van der Waals surface area (Å²) < 4.78 is 11.3. The van der Waals surface area contributed by atoms with Crippen LogP contribution in [0.5, 0.6) is 11.5 Å². The molecule has 0 aliphatic heterocycles. The van der Waals surface area contributed by atoms with Crippen molar-refractivity contribution in [2.75, 3.05) is 12.4 Å². The van der Waals surface area contributed by atoms with Crippen molar-refractivity contribution >= 4 is 5.69 Å². The van der Waals surface area contributed by atoms with Gasteiger partial charge in [0.25, 0.3) is 0 Å². The fourth-order valence-corrected chi connectivity index (χ4v) is 2.17. The topological polar surface area (TPSA) is 56.3 Å². The van der Waals surface area contributed by atoms with Gasteiger partial charge in [0, 0.05) is 36.3 Å². The van der Waals surface area contributed by atoms with Crippen LogP contribution >= 0.6 is 0 Å². The quantitative estimate of drug-likeness (QED) is 0.884. The van der Waals surface area contributed by atoms with Crippen molar-refractivity contribution in [1.82, 2.24) is 9.97 Å². The van der Waals surface area contributed by atoms with E-state index in [1.54, 1.807) is 19.5 Å². The van der Waals surface area contributed by atoms with Crippen LogP contribution in [0, 0.1) is 0 Å². The Morgan fingerprint density at radius 3 is 2.67 bits per heavy atom. The van der Waals surface area contributed by atoms with E-state index in [2.05, 4.69) is 15.3 Å². The lowest BCUT2D eigenvalue weighted by molar-refractivity contribution is 0.116. The highest BCUT2D eigenvalue weighted by molar-refractivity contribution is 5.55. The van der Waals surface area contributed by atoms with E-state index in [0.29, 0.717) is 12.6 Å². The Bertz CT molecular complexity index is 585. The number of nitrogens with one attached hydrogen (secondary N) is 1. The van der Waals surface area contributed by atoms with Gasteiger partial charge >= 0.3 is 0 Å². The number of aromatic nitrogens is 2. The fraction of sp³-hybridized carbons (Fsp3) is 0.375. The van der Waals surface area contributed by atoms with Crippen LogP contribution < -0.4 is 14.8 Å². The number of hydrogen-bond donors (Lipinski definition) is 1. The molecule has 0 unspecified atom stereocenters. The van der Waals surface area contributed by atoms with Gasteiger partial charge in [-0.2, -0.15) is 0 Å². The molecule has 1 aromatic heterocycles. The Hall–Kier alpha value is -2.30. The molecule has 1 aliphatic rings. The molecule has 0 radical (unpaired) electrons. The number of anilines is 1. The molecule has 5 heteroatoms. The molecule has 1 heterocycles. The van der Waals surface area contributed by atoms with Crippen LogP contribution in [0.15, 0.2) is 36.9 Å². The first-order chi connectivity index (χ1) is 10.3. The lowest BCUT2D eigenvalue weighted by Crippen LogP contribution is -2.24. The van der Waals surface area contributed by atoms with Crippen molar-refractivity contribution in [3.8, 4) is 11.5 Å². The molecule has 1 saturated carbocycles. The second-order valence-electron chi connectivity index (χ2n) is 5.14. The highest BCUT2D eigenvalue weighted by Crippen LogP contribution is 2.34. The Morgan fingerprint density at radius 2 is 2.00 bits per heavy atom. The Morgan fingerprint density at radius 1 is 1.19 bits per heavy atom. The predicted octanol–water partition coefficient (Wildman–Crippen LogP) is 3.03. The molecule has 2 aromatic rings. The predicted molar refractivity (Wildman–Crippen MR) is 80.6 cm³/mol. The first-order valence-electron chi connectivity index (χ1n) is 7.17. The summed E-state index contributed by atoms with van der Waals surface area (Å²) in [5.74, 6) is 1.58. The van der Waals surface area contributed by atoms with Crippen LogP contribution in [-0.2, 0) is 6.54 Å². The Labute approximate surface area is 124 Å². The first-order valence-corrected chi connectivity index (χ1v) is 7.17. The maximum absolute atomic E-state index is 5.98. The molecule has 1 fully saturated rings. The van der Waals surface area contributed by atoms with Crippen LogP contribution in [0.4, 0.5) is 5.69 Å². The number of benzene rings is 1. The first kappa shape index (κ1) is 13.7. The highest BCUT2D eigenvalue weighted by Gasteiger charge is 2.20. The zero-order valence-corrected chi connectivity index (χ0v) is 12.1. The third-order valence-corrected chi connectivity index (χ3v) is 3.62. The van der Waals surface area contributed by atoms with E-state index in [4.69, 9.17) is 9.47 Å². The largest absolute Gasteiger partial charge is 0.493 e. The van der Waals surface area contributed by atoms with Gasteiger partial charge in [-0.3, -0.25) is 0 Å². The molecule has 0 saturated heterocycles. The number of methoxy groups -OCH3 is 1. The average molecular weight is 285 g/mol. The van der Waals surface area contributed by atoms with Gasteiger partial charge in [0.2, 0.25) is 0 Å². The molecule has 0 atom stereocenters. The smallest absolute Gasteiger partial charge is 0.163 e. The van der Waals surface area contributed by atoms with Gasteiger partial charge in [0.15, 0.2) is 11.5 Å². The number of hydrogen-bond acceptors (Lipinski definition) is 5. The molecule has 1 aromatic carbocycles. The van der Waals surface area contributed by atoms with E-state index in [-0.39, 0.29) is 0 Å². The van der Waals surface area contributed by atoms with Gasteiger partial charge in [0.05, 0.1) is 13.2 Å². The van der Waals surface area contributed by atoms with Crippen molar-refractivity contribution in [1.29, 1.82) is 0 Å². The number of rotatable bonds is 6.